The SMILES string of the molecule is CC(C)n1nccc1-c1nccc2c1CCO2.O=Cc1c(O)cccc1O. The summed E-state index contributed by atoms with van der Waals surface area (Å²) in [5, 5.41) is 22.2. The Morgan fingerprint density at radius 3 is 2.52 bits per heavy atom. The number of phenolic OH excluding ortho intramolecular Hbond substituents is 2. The van der Waals surface area contributed by atoms with Crippen molar-refractivity contribution in [3.8, 4) is 28.6 Å². The van der Waals surface area contributed by atoms with Gasteiger partial charge >= 0.3 is 0 Å². The van der Waals surface area contributed by atoms with Crippen molar-refractivity contribution in [2.75, 3.05) is 6.61 Å². The highest BCUT2D eigenvalue weighted by Gasteiger charge is 2.20. The number of ether oxygens (including phenoxy) is 1. The van der Waals surface area contributed by atoms with Gasteiger partial charge in [-0.1, -0.05) is 6.07 Å². The molecule has 0 bridgehead atoms. The highest BCUT2D eigenvalue weighted by Crippen LogP contribution is 2.33. The third-order valence-electron chi connectivity index (χ3n) is 4.20. The zero-order valence-electron chi connectivity index (χ0n) is 15.2. The Kier molecular flexibility index (Phi) is 5.40. The fraction of sp³-hybridized carbons (Fsp3) is 0.250. The lowest BCUT2D eigenvalue weighted by atomic mass is 10.1. The number of nitrogens with zero attached hydrogens (tertiary/aromatic N) is 3. The van der Waals surface area contributed by atoms with E-state index in [-0.39, 0.29) is 17.1 Å². The Balaban J connectivity index is 0.000000180. The minimum Gasteiger partial charge on any atom is -0.507 e. The number of benzene rings is 1. The molecule has 7 nitrogen and oxygen atoms in total. The van der Waals surface area contributed by atoms with Gasteiger partial charge in [0.05, 0.1) is 23.6 Å². The van der Waals surface area contributed by atoms with E-state index in [0.29, 0.717) is 12.3 Å². The maximum absolute atomic E-state index is 10.1. The predicted octanol–water partition coefficient (Wildman–Crippen LogP) is 3.37. The van der Waals surface area contributed by atoms with Crippen molar-refractivity contribution in [1.29, 1.82) is 0 Å². The summed E-state index contributed by atoms with van der Waals surface area (Å²) in [5.41, 5.74) is 3.21. The van der Waals surface area contributed by atoms with Crippen LogP contribution in [0.25, 0.3) is 11.4 Å². The molecule has 2 N–H and O–H groups in total. The Labute approximate surface area is 156 Å². The lowest BCUT2D eigenvalue weighted by molar-refractivity contribution is 0.111. The third-order valence-corrected chi connectivity index (χ3v) is 4.20. The Hall–Kier alpha value is -3.35. The van der Waals surface area contributed by atoms with Crippen molar-refractivity contribution in [1.82, 2.24) is 14.8 Å². The van der Waals surface area contributed by atoms with Crippen LogP contribution in [0.2, 0.25) is 0 Å². The number of pyridine rings is 1. The highest BCUT2D eigenvalue weighted by atomic mass is 16.5. The number of hydrogen-bond acceptors (Lipinski definition) is 6. The molecule has 1 aliphatic rings. The number of carbonyl (C=O) groups excluding carboxylic acids is 1. The summed E-state index contributed by atoms with van der Waals surface area (Å²) in [6.45, 7) is 5.00. The van der Waals surface area contributed by atoms with Crippen molar-refractivity contribution >= 4 is 6.29 Å². The van der Waals surface area contributed by atoms with E-state index in [2.05, 4.69) is 23.9 Å². The Bertz CT molecular complexity index is 930. The second-order valence-corrected chi connectivity index (χ2v) is 6.32. The molecule has 0 atom stereocenters. The van der Waals surface area contributed by atoms with E-state index >= 15 is 0 Å². The van der Waals surface area contributed by atoms with Gasteiger partial charge in [0, 0.05) is 30.4 Å². The number of rotatable bonds is 3. The molecule has 27 heavy (non-hydrogen) atoms. The fourth-order valence-electron chi connectivity index (χ4n) is 2.91. The van der Waals surface area contributed by atoms with Crippen LogP contribution in [0.5, 0.6) is 17.2 Å². The van der Waals surface area contributed by atoms with E-state index in [4.69, 9.17) is 14.9 Å². The Morgan fingerprint density at radius 1 is 1.15 bits per heavy atom. The molecule has 1 aromatic carbocycles. The van der Waals surface area contributed by atoms with Crippen LogP contribution in [-0.2, 0) is 6.42 Å². The third kappa shape index (κ3) is 3.76. The van der Waals surface area contributed by atoms with Gasteiger partial charge < -0.3 is 14.9 Å². The van der Waals surface area contributed by atoms with Gasteiger partial charge in [0.15, 0.2) is 6.29 Å². The molecule has 0 spiro atoms. The van der Waals surface area contributed by atoms with Gasteiger partial charge in [-0.15, -0.1) is 0 Å². The van der Waals surface area contributed by atoms with Crippen LogP contribution in [0.15, 0.2) is 42.7 Å². The second-order valence-electron chi connectivity index (χ2n) is 6.32. The van der Waals surface area contributed by atoms with Gasteiger partial charge in [-0.2, -0.15) is 5.10 Å². The molecule has 0 saturated carbocycles. The number of hydrogen-bond donors (Lipinski definition) is 2. The van der Waals surface area contributed by atoms with Crippen LogP contribution in [0.3, 0.4) is 0 Å². The molecule has 0 unspecified atom stereocenters. The van der Waals surface area contributed by atoms with Gasteiger partial charge in [0.25, 0.3) is 0 Å². The number of carbonyl (C=O) groups is 1. The summed E-state index contributed by atoms with van der Waals surface area (Å²) in [4.78, 5) is 14.6. The standard InChI is InChI=1S/C13H15N3O.C7H6O3/c1-9(2)16-11(3-7-15-16)13-10-5-8-17-12(10)4-6-14-13;8-4-5-6(9)2-1-3-7(5)10/h3-4,6-7,9H,5,8H2,1-2H3;1-4,9-10H. The number of fused-ring (bicyclic) bond motifs is 1. The average molecular weight is 367 g/mol. The zero-order chi connectivity index (χ0) is 19.4. The summed E-state index contributed by atoms with van der Waals surface area (Å²) in [5.74, 6) is 0.566. The molecule has 7 heteroatoms. The second kappa shape index (κ2) is 7.90. The van der Waals surface area contributed by atoms with Crippen LogP contribution in [-0.4, -0.2) is 37.9 Å². The maximum Gasteiger partial charge on any atom is 0.157 e. The molecule has 0 fully saturated rings. The molecule has 0 radical (unpaired) electrons. The van der Waals surface area contributed by atoms with Gasteiger partial charge in [-0.3, -0.25) is 14.5 Å². The molecule has 3 aromatic rings. The monoisotopic (exact) mass is 367 g/mol. The van der Waals surface area contributed by atoms with Gasteiger partial charge in [-0.05, 0) is 38.1 Å². The van der Waals surface area contributed by atoms with Crippen LogP contribution in [0.4, 0.5) is 0 Å². The minimum atomic E-state index is -0.199. The van der Waals surface area contributed by atoms with Crippen molar-refractivity contribution < 1.29 is 19.7 Å². The first-order valence-corrected chi connectivity index (χ1v) is 8.63. The van der Waals surface area contributed by atoms with E-state index in [1.165, 1.54) is 23.8 Å². The first-order chi connectivity index (χ1) is 13.0. The molecule has 140 valence electrons. The quantitative estimate of drug-likeness (QED) is 0.689. The molecular weight excluding hydrogens is 346 g/mol. The molecular formula is C20H21N3O4. The molecule has 0 amide bonds. The summed E-state index contributed by atoms with van der Waals surface area (Å²) in [6, 6.07) is 8.41. The highest BCUT2D eigenvalue weighted by molar-refractivity contribution is 5.83. The average Bonchev–Trinajstić information content (AvgIpc) is 3.31. The molecule has 3 heterocycles. The van der Waals surface area contributed by atoms with E-state index in [1.54, 1.807) is 6.20 Å². The van der Waals surface area contributed by atoms with Crippen LogP contribution in [0, 0.1) is 0 Å². The van der Waals surface area contributed by atoms with Crippen LogP contribution in [0.1, 0.15) is 35.8 Å². The molecule has 2 aromatic heterocycles. The number of aromatic nitrogens is 3. The van der Waals surface area contributed by atoms with E-state index in [1.807, 2.05) is 23.0 Å². The summed E-state index contributed by atoms with van der Waals surface area (Å²) in [6.07, 6.45) is 4.97. The molecule has 1 aliphatic heterocycles. The normalized spacial score (nSPS) is 12.1. The first kappa shape index (κ1) is 18.4. The lowest BCUT2D eigenvalue weighted by Gasteiger charge is -2.12. The Morgan fingerprint density at radius 2 is 1.89 bits per heavy atom. The van der Waals surface area contributed by atoms with Crippen molar-refractivity contribution in [3.63, 3.8) is 0 Å². The summed E-state index contributed by atoms with van der Waals surface area (Å²) >= 11 is 0. The summed E-state index contributed by atoms with van der Waals surface area (Å²) < 4.78 is 7.57. The van der Waals surface area contributed by atoms with E-state index in [0.717, 1.165) is 30.2 Å². The van der Waals surface area contributed by atoms with E-state index < -0.39 is 0 Å². The van der Waals surface area contributed by atoms with Crippen LogP contribution >= 0.6 is 0 Å². The van der Waals surface area contributed by atoms with Crippen molar-refractivity contribution in [2.24, 2.45) is 0 Å². The zero-order valence-corrected chi connectivity index (χ0v) is 15.2. The first-order valence-electron chi connectivity index (χ1n) is 8.63. The largest absolute Gasteiger partial charge is 0.507 e. The van der Waals surface area contributed by atoms with Crippen molar-refractivity contribution in [2.45, 2.75) is 26.3 Å². The van der Waals surface area contributed by atoms with E-state index in [9.17, 15) is 4.79 Å². The topological polar surface area (TPSA) is 97.5 Å². The van der Waals surface area contributed by atoms with Gasteiger partial charge in [-0.25, -0.2) is 0 Å². The van der Waals surface area contributed by atoms with Gasteiger partial charge in [0.2, 0.25) is 0 Å². The van der Waals surface area contributed by atoms with Crippen molar-refractivity contribution in [3.05, 3.63) is 53.9 Å². The number of aromatic hydroxyl groups is 2. The fourth-order valence-corrected chi connectivity index (χ4v) is 2.91. The molecule has 4 rings (SSSR count). The predicted molar refractivity (Wildman–Crippen MR) is 100 cm³/mol. The number of aldehydes is 1. The smallest absolute Gasteiger partial charge is 0.157 e. The maximum atomic E-state index is 10.1. The minimum absolute atomic E-state index is 0.0671. The lowest BCUT2D eigenvalue weighted by Crippen LogP contribution is -2.06. The number of phenols is 2. The van der Waals surface area contributed by atoms with Crippen LogP contribution < -0.4 is 4.74 Å². The van der Waals surface area contributed by atoms with Gasteiger partial charge in [0.1, 0.15) is 17.2 Å². The molecule has 0 aliphatic carbocycles. The molecule has 0 saturated heterocycles. The summed E-state index contributed by atoms with van der Waals surface area (Å²) in [7, 11) is 0.